The third-order valence-electron chi connectivity index (χ3n) is 2.21. The van der Waals surface area contributed by atoms with Crippen LogP contribution in [0.4, 0.5) is 0 Å². The van der Waals surface area contributed by atoms with Crippen LogP contribution in [0.25, 0.3) is 0 Å². The van der Waals surface area contributed by atoms with Crippen molar-refractivity contribution in [3.8, 4) is 11.5 Å². The van der Waals surface area contributed by atoms with Crippen LogP contribution in [-0.2, 0) is 0 Å². The van der Waals surface area contributed by atoms with Gasteiger partial charge in [0.1, 0.15) is 0 Å². The van der Waals surface area contributed by atoms with Crippen LogP contribution >= 0.6 is 15.9 Å². The van der Waals surface area contributed by atoms with Crippen LogP contribution in [0.3, 0.4) is 0 Å². The molecule has 0 fully saturated rings. The molecule has 1 rings (SSSR count). The van der Waals surface area contributed by atoms with Gasteiger partial charge in [-0.1, -0.05) is 6.92 Å². The number of hydrogen-bond donors (Lipinski definition) is 3. The highest BCUT2D eigenvalue weighted by Crippen LogP contribution is 2.36. The molecule has 0 saturated heterocycles. The maximum atomic E-state index is 5.69. The SMILES string of the molecule is CCCOc1c(Br)cc(/C=[NH+]/N=C(N)N)cc1OCC. The van der Waals surface area contributed by atoms with E-state index < -0.39 is 0 Å². The van der Waals surface area contributed by atoms with Crippen molar-refractivity contribution in [2.75, 3.05) is 13.2 Å². The van der Waals surface area contributed by atoms with Gasteiger partial charge in [0, 0.05) is 10.7 Å². The number of benzene rings is 1. The Hall–Kier alpha value is -1.76. The Kier molecular flexibility index (Phi) is 6.86. The second kappa shape index (κ2) is 8.42. The van der Waals surface area contributed by atoms with Crippen LogP contribution in [0.5, 0.6) is 11.5 Å². The van der Waals surface area contributed by atoms with Gasteiger partial charge in [0.05, 0.1) is 17.7 Å². The molecule has 0 aliphatic heterocycles. The van der Waals surface area contributed by atoms with Crippen molar-refractivity contribution >= 4 is 28.1 Å². The monoisotopic (exact) mass is 343 g/mol. The first-order chi connectivity index (χ1) is 9.58. The smallest absolute Gasteiger partial charge is 0.256 e. The summed E-state index contributed by atoms with van der Waals surface area (Å²) in [7, 11) is 0. The molecule has 20 heavy (non-hydrogen) atoms. The summed E-state index contributed by atoms with van der Waals surface area (Å²) in [6.07, 6.45) is 2.59. The maximum absolute atomic E-state index is 5.69. The third-order valence-corrected chi connectivity index (χ3v) is 2.80. The van der Waals surface area contributed by atoms with Crippen LogP contribution in [0.2, 0.25) is 0 Å². The summed E-state index contributed by atoms with van der Waals surface area (Å²) in [5.74, 6) is 1.34. The number of nitrogens with one attached hydrogen (secondary N) is 1. The van der Waals surface area contributed by atoms with E-state index in [2.05, 4.69) is 33.1 Å². The zero-order valence-electron chi connectivity index (χ0n) is 11.6. The normalized spacial score (nSPS) is 10.6. The predicted molar refractivity (Wildman–Crippen MR) is 83.0 cm³/mol. The van der Waals surface area contributed by atoms with E-state index in [1.165, 1.54) is 0 Å². The van der Waals surface area contributed by atoms with Crippen molar-refractivity contribution in [1.82, 2.24) is 0 Å². The minimum atomic E-state index is -0.0340. The Balaban J connectivity index is 3.05. The summed E-state index contributed by atoms with van der Waals surface area (Å²) < 4.78 is 12.1. The summed E-state index contributed by atoms with van der Waals surface area (Å²) in [4.78, 5) is 0. The van der Waals surface area contributed by atoms with Gasteiger partial charge in [-0.2, -0.15) is 0 Å². The molecule has 0 amide bonds. The quantitative estimate of drug-likeness (QED) is 0.377. The Labute approximate surface area is 127 Å². The number of rotatable bonds is 7. The number of ether oxygens (including phenoxy) is 2. The molecule has 0 aliphatic rings. The number of halogens is 1. The van der Waals surface area contributed by atoms with Gasteiger partial charge in [-0.15, -0.1) is 5.10 Å². The fourth-order valence-electron chi connectivity index (χ4n) is 1.46. The first kappa shape index (κ1) is 16.3. The Morgan fingerprint density at radius 1 is 1.35 bits per heavy atom. The average molecular weight is 344 g/mol. The zero-order chi connectivity index (χ0) is 15.0. The highest BCUT2D eigenvalue weighted by atomic mass is 79.9. The van der Waals surface area contributed by atoms with E-state index in [-0.39, 0.29) is 5.96 Å². The molecule has 0 unspecified atom stereocenters. The Morgan fingerprint density at radius 3 is 2.70 bits per heavy atom. The molecule has 0 atom stereocenters. The van der Waals surface area contributed by atoms with Crippen LogP contribution in [0, 0.1) is 0 Å². The van der Waals surface area contributed by atoms with Crippen LogP contribution in [0.15, 0.2) is 21.7 Å². The molecule has 7 heteroatoms. The zero-order valence-corrected chi connectivity index (χ0v) is 13.2. The molecule has 0 saturated carbocycles. The van der Waals surface area contributed by atoms with E-state index in [0.717, 1.165) is 16.5 Å². The highest BCUT2D eigenvalue weighted by molar-refractivity contribution is 9.10. The standard InChI is InChI=1S/C13H19BrN4O2/c1-3-5-20-12-10(14)6-9(7-11(12)19-4-2)8-17-18-13(15)16/h6-8H,3-5H2,1-2H3,(H4,15,16,18)/p+1/b17-8+. The van der Waals surface area contributed by atoms with Crippen molar-refractivity contribution in [3.63, 3.8) is 0 Å². The molecule has 0 aromatic heterocycles. The van der Waals surface area contributed by atoms with E-state index in [0.29, 0.717) is 24.7 Å². The van der Waals surface area contributed by atoms with Crippen molar-refractivity contribution in [2.45, 2.75) is 20.3 Å². The number of nitrogens with two attached hydrogens (primary N) is 2. The molecule has 0 aliphatic carbocycles. The summed E-state index contributed by atoms with van der Waals surface area (Å²) in [5, 5.41) is 6.33. The van der Waals surface area contributed by atoms with Gasteiger partial charge in [0.15, 0.2) is 11.5 Å². The molecule has 0 radical (unpaired) electrons. The lowest BCUT2D eigenvalue weighted by Crippen LogP contribution is -2.63. The summed E-state index contributed by atoms with van der Waals surface area (Å²) in [6.45, 7) is 5.16. The van der Waals surface area contributed by atoms with Crippen LogP contribution in [-0.4, -0.2) is 25.4 Å². The van der Waals surface area contributed by atoms with E-state index >= 15 is 0 Å². The maximum Gasteiger partial charge on any atom is 0.256 e. The molecular formula is C13H20BrN4O2+. The fraction of sp³-hybridized carbons (Fsp3) is 0.385. The molecule has 110 valence electrons. The molecule has 1 aromatic carbocycles. The minimum Gasteiger partial charge on any atom is -0.490 e. The van der Waals surface area contributed by atoms with Gasteiger partial charge in [-0.3, -0.25) is 0 Å². The second-order valence-corrected chi connectivity index (χ2v) is 4.78. The molecule has 5 N–H and O–H groups in total. The lowest BCUT2D eigenvalue weighted by atomic mass is 10.2. The molecule has 6 nitrogen and oxygen atoms in total. The number of nitrogens with zero attached hydrogens (tertiary/aromatic N) is 1. The average Bonchev–Trinajstić information content (AvgIpc) is 2.38. The third kappa shape index (κ3) is 5.08. The second-order valence-electron chi connectivity index (χ2n) is 3.92. The number of guanidine groups is 1. The van der Waals surface area contributed by atoms with Gasteiger partial charge >= 0.3 is 0 Å². The van der Waals surface area contributed by atoms with Crippen LogP contribution in [0.1, 0.15) is 25.8 Å². The highest BCUT2D eigenvalue weighted by Gasteiger charge is 2.12. The summed E-state index contributed by atoms with van der Waals surface area (Å²) in [5.41, 5.74) is 11.3. The fourth-order valence-corrected chi connectivity index (χ4v) is 2.03. The number of hydrogen-bond acceptors (Lipinski definition) is 3. The first-order valence-electron chi connectivity index (χ1n) is 6.35. The Morgan fingerprint density at radius 2 is 2.10 bits per heavy atom. The summed E-state index contributed by atoms with van der Waals surface area (Å²) in [6, 6.07) is 3.75. The molecule has 0 bridgehead atoms. The lowest BCUT2D eigenvalue weighted by Gasteiger charge is -2.13. The van der Waals surface area contributed by atoms with Crippen molar-refractivity contribution in [1.29, 1.82) is 0 Å². The Bertz CT molecular complexity index is 499. The summed E-state index contributed by atoms with van der Waals surface area (Å²) >= 11 is 3.48. The van der Waals surface area contributed by atoms with E-state index in [9.17, 15) is 0 Å². The van der Waals surface area contributed by atoms with Gasteiger partial charge in [0.2, 0.25) is 6.21 Å². The van der Waals surface area contributed by atoms with Crippen molar-refractivity contribution in [2.24, 2.45) is 16.6 Å². The van der Waals surface area contributed by atoms with Crippen molar-refractivity contribution in [3.05, 3.63) is 22.2 Å². The predicted octanol–water partition coefficient (Wildman–Crippen LogP) is 0.325. The topological polar surface area (TPSA) is 96.8 Å². The van der Waals surface area contributed by atoms with E-state index in [1.54, 1.807) is 6.21 Å². The van der Waals surface area contributed by atoms with Gasteiger partial charge in [0.25, 0.3) is 5.96 Å². The molecular weight excluding hydrogens is 324 g/mol. The number of hydrazone groups is 1. The molecule has 1 aromatic rings. The first-order valence-corrected chi connectivity index (χ1v) is 7.14. The molecule has 0 spiro atoms. The van der Waals surface area contributed by atoms with Crippen LogP contribution < -0.4 is 26.0 Å². The largest absolute Gasteiger partial charge is 0.490 e. The van der Waals surface area contributed by atoms with Gasteiger partial charge in [-0.05, 0) is 41.4 Å². The minimum absolute atomic E-state index is 0.0340. The van der Waals surface area contributed by atoms with Gasteiger partial charge in [-0.25, -0.2) is 0 Å². The lowest BCUT2D eigenvalue weighted by molar-refractivity contribution is -0.456. The van der Waals surface area contributed by atoms with Crippen molar-refractivity contribution < 1.29 is 14.6 Å². The van der Waals surface area contributed by atoms with E-state index in [1.807, 2.05) is 19.1 Å². The molecule has 0 heterocycles. The van der Waals surface area contributed by atoms with Gasteiger partial charge < -0.3 is 20.9 Å². The van der Waals surface area contributed by atoms with E-state index in [4.69, 9.17) is 20.9 Å².